The highest BCUT2D eigenvalue weighted by Gasteiger charge is 2.67. The number of hydrogen-bond acceptors (Lipinski definition) is 6. The first kappa shape index (κ1) is 28.0. The lowest BCUT2D eigenvalue weighted by Crippen LogP contribution is -2.70. The summed E-state index contributed by atoms with van der Waals surface area (Å²) >= 11 is 0. The van der Waals surface area contributed by atoms with Gasteiger partial charge in [-0.05, 0) is 38.5 Å². The molecule has 1 heterocycles. The standard InChI is InChI=1S/C26H50O6/c1-6-10-16-28-20-21-22(29-17-11-7-2)23(30-18-12-8-3)24(31-19-13-9-4)26(27,32-21)25(5)14-15-25/h21-24,27H,6-20H2,1-5H3/t21-,22-,23+,24-,26-/m1/s1. The minimum atomic E-state index is -1.40. The summed E-state index contributed by atoms with van der Waals surface area (Å²) in [7, 11) is 0. The van der Waals surface area contributed by atoms with Crippen molar-refractivity contribution in [2.75, 3.05) is 33.0 Å². The van der Waals surface area contributed by atoms with Gasteiger partial charge in [0.1, 0.15) is 24.4 Å². The first-order valence-corrected chi connectivity index (χ1v) is 13.3. The van der Waals surface area contributed by atoms with Crippen LogP contribution in [0.15, 0.2) is 0 Å². The second-order valence-electron chi connectivity index (χ2n) is 9.86. The van der Waals surface area contributed by atoms with Gasteiger partial charge in [0.05, 0.1) is 6.61 Å². The highest BCUT2D eigenvalue weighted by molar-refractivity contribution is 5.11. The summed E-state index contributed by atoms with van der Waals surface area (Å²) in [6, 6.07) is 0. The zero-order chi connectivity index (χ0) is 23.5. The Labute approximate surface area is 196 Å². The Balaban J connectivity index is 2.29. The molecule has 6 nitrogen and oxygen atoms in total. The second-order valence-corrected chi connectivity index (χ2v) is 9.86. The number of ether oxygens (including phenoxy) is 5. The van der Waals surface area contributed by atoms with Crippen molar-refractivity contribution < 1.29 is 28.8 Å². The summed E-state index contributed by atoms with van der Waals surface area (Å²) in [5.74, 6) is -1.40. The minimum Gasteiger partial charge on any atom is -0.379 e. The normalized spacial score (nSPS) is 31.7. The van der Waals surface area contributed by atoms with E-state index in [2.05, 4.69) is 34.6 Å². The lowest BCUT2D eigenvalue weighted by molar-refractivity contribution is -0.387. The molecule has 0 amide bonds. The van der Waals surface area contributed by atoms with Gasteiger partial charge in [0.2, 0.25) is 5.79 Å². The SMILES string of the molecule is CCCCOC[C@H]1O[C@@](O)(C2(C)CC2)[C@H](OCCCC)[C@@H](OCCCC)[C@@H]1OCCCC. The van der Waals surface area contributed by atoms with E-state index in [1.807, 2.05) is 0 Å². The van der Waals surface area contributed by atoms with Gasteiger partial charge in [-0.1, -0.05) is 60.3 Å². The summed E-state index contributed by atoms with van der Waals surface area (Å²) in [4.78, 5) is 0. The molecule has 32 heavy (non-hydrogen) atoms. The molecule has 0 unspecified atom stereocenters. The van der Waals surface area contributed by atoms with Crippen molar-refractivity contribution in [1.82, 2.24) is 0 Å². The third-order valence-corrected chi connectivity index (χ3v) is 6.91. The van der Waals surface area contributed by atoms with Crippen LogP contribution in [0, 0.1) is 5.41 Å². The summed E-state index contributed by atoms with van der Waals surface area (Å²) < 4.78 is 31.7. The van der Waals surface area contributed by atoms with E-state index in [9.17, 15) is 5.11 Å². The molecule has 0 spiro atoms. The van der Waals surface area contributed by atoms with Gasteiger partial charge in [0.15, 0.2) is 0 Å². The molecule has 0 aromatic carbocycles. The lowest BCUT2D eigenvalue weighted by atomic mass is 9.83. The van der Waals surface area contributed by atoms with Crippen LogP contribution in [0.25, 0.3) is 0 Å². The van der Waals surface area contributed by atoms with E-state index in [1.54, 1.807) is 0 Å². The highest BCUT2D eigenvalue weighted by atomic mass is 16.7. The zero-order valence-electron chi connectivity index (χ0n) is 21.4. The molecule has 2 rings (SSSR count). The van der Waals surface area contributed by atoms with Crippen LogP contribution in [0.2, 0.25) is 0 Å². The molecule has 0 aromatic rings. The number of rotatable bonds is 18. The molecule has 5 atom stereocenters. The van der Waals surface area contributed by atoms with Crippen LogP contribution < -0.4 is 0 Å². The van der Waals surface area contributed by atoms with Crippen molar-refractivity contribution in [1.29, 1.82) is 0 Å². The Morgan fingerprint density at radius 3 is 1.78 bits per heavy atom. The van der Waals surface area contributed by atoms with Crippen LogP contribution in [-0.4, -0.2) is 68.3 Å². The highest BCUT2D eigenvalue weighted by Crippen LogP contribution is 2.58. The lowest BCUT2D eigenvalue weighted by Gasteiger charge is -2.53. The van der Waals surface area contributed by atoms with Crippen molar-refractivity contribution in [3.8, 4) is 0 Å². The van der Waals surface area contributed by atoms with Crippen LogP contribution in [-0.2, 0) is 23.7 Å². The maximum atomic E-state index is 12.0. The summed E-state index contributed by atoms with van der Waals surface area (Å²) in [6.45, 7) is 13.6. The molecule has 0 radical (unpaired) electrons. The largest absolute Gasteiger partial charge is 0.379 e. The van der Waals surface area contributed by atoms with Crippen molar-refractivity contribution in [2.45, 2.75) is 129 Å². The van der Waals surface area contributed by atoms with Crippen LogP contribution in [0.5, 0.6) is 0 Å². The van der Waals surface area contributed by atoms with Gasteiger partial charge in [-0.2, -0.15) is 0 Å². The molecule has 1 saturated heterocycles. The number of hydrogen-bond donors (Lipinski definition) is 1. The van der Waals surface area contributed by atoms with Crippen LogP contribution >= 0.6 is 0 Å². The smallest absolute Gasteiger partial charge is 0.200 e. The third kappa shape index (κ3) is 7.38. The van der Waals surface area contributed by atoms with Crippen LogP contribution in [0.1, 0.15) is 98.8 Å². The Morgan fingerprint density at radius 2 is 1.25 bits per heavy atom. The van der Waals surface area contributed by atoms with Gasteiger partial charge in [0, 0.05) is 31.8 Å². The molecule has 1 saturated carbocycles. The molecule has 1 aliphatic carbocycles. The van der Waals surface area contributed by atoms with Crippen molar-refractivity contribution in [3.05, 3.63) is 0 Å². The Kier molecular flexibility index (Phi) is 12.4. The van der Waals surface area contributed by atoms with E-state index in [4.69, 9.17) is 23.7 Å². The monoisotopic (exact) mass is 458 g/mol. The number of aliphatic hydroxyl groups is 1. The van der Waals surface area contributed by atoms with E-state index in [1.165, 1.54) is 0 Å². The van der Waals surface area contributed by atoms with E-state index < -0.39 is 11.9 Å². The quantitative estimate of drug-likeness (QED) is 0.283. The molecule has 6 heteroatoms. The fourth-order valence-corrected chi connectivity index (χ4v) is 4.25. The van der Waals surface area contributed by atoms with E-state index in [0.29, 0.717) is 33.0 Å². The molecule has 2 fully saturated rings. The maximum Gasteiger partial charge on any atom is 0.200 e. The van der Waals surface area contributed by atoms with Gasteiger partial charge in [0.25, 0.3) is 0 Å². The minimum absolute atomic E-state index is 0.325. The second kappa shape index (κ2) is 14.2. The van der Waals surface area contributed by atoms with E-state index in [-0.39, 0.29) is 23.7 Å². The van der Waals surface area contributed by atoms with Crippen molar-refractivity contribution >= 4 is 0 Å². The first-order valence-electron chi connectivity index (χ1n) is 13.3. The molecular weight excluding hydrogens is 408 g/mol. The Morgan fingerprint density at radius 1 is 0.750 bits per heavy atom. The fraction of sp³-hybridized carbons (Fsp3) is 1.00. The summed E-state index contributed by atoms with van der Waals surface area (Å²) in [5.41, 5.74) is -0.327. The maximum absolute atomic E-state index is 12.0. The van der Waals surface area contributed by atoms with Gasteiger partial charge < -0.3 is 28.8 Å². The summed E-state index contributed by atoms with van der Waals surface area (Å²) in [5, 5.41) is 12.0. The average molecular weight is 459 g/mol. The third-order valence-electron chi connectivity index (χ3n) is 6.91. The van der Waals surface area contributed by atoms with E-state index >= 15 is 0 Å². The van der Waals surface area contributed by atoms with Crippen LogP contribution in [0.4, 0.5) is 0 Å². The first-order chi connectivity index (χ1) is 15.5. The average Bonchev–Trinajstić information content (AvgIpc) is 3.54. The molecular formula is C26H50O6. The summed E-state index contributed by atoms with van der Waals surface area (Å²) in [6.07, 6.45) is 8.30. The van der Waals surface area contributed by atoms with Crippen molar-refractivity contribution in [2.24, 2.45) is 5.41 Å². The topological polar surface area (TPSA) is 66.4 Å². The van der Waals surface area contributed by atoms with Crippen LogP contribution in [0.3, 0.4) is 0 Å². The molecule has 1 aliphatic heterocycles. The van der Waals surface area contributed by atoms with E-state index in [0.717, 1.165) is 64.2 Å². The zero-order valence-corrected chi connectivity index (χ0v) is 21.4. The van der Waals surface area contributed by atoms with Gasteiger partial charge >= 0.3 is 0 Å². The molecule has 0 aromatic heterocycles. The van der Waals surface area contributed by atoms with Gasteiger partial charge in [-0.25, -0.2) is 0 Å². The number of unbranched alkanes of at least 4 members (excludes halogenated alkanes) is 4. The molecule has 2 aliphatic rings. The fourth-order valence-electron chi connectivity index (χ4n) is 4.25. The van der Waals surface area contributed by atoms with Crippen molar-refractivity contribution in [3.63, 3.8) is 0 Å². The molecule has 0 bridgehead atoms. The van der Waals surface area contributed by atoms with Gasteiger partial charge in [-0.15, -0.1) is 0 Å². The predicted octanol–water partition coefficient (Wildman–Crippen LogP) is 5.25. The Hall–Kier alpha value is -0.240. The molecule has 190 valence electrons. The van der Waals surface area contributed by atoms with Gasteiger partial charge in [-0.3, -0.25) is 0 Å². The molecule has 1 N–H and O–H groups in total. The predicted molar refractivity (Wildman–Crippen MR) is 127 cm³/mol. The Bertz CT molecular complexity index is 497.